The van der Waals surface area contributed by atoms with Gasteiger partial charge in [-0.15, -0.1) is 0 Å². The van der Waals surface area contributed by atoms with Crippen LogP contribution in [0.5, 0.6) is 0 Å². The van der Waals surface area contributed by atoms with Gasteiger partial charge in [0.25, 0.3) is 0 Å². The highest BCUT2D eigenvalue weighted by Gasteiger charge is 2.19. The van der Waals surface area contributed by atoms with Gasteiger partial charge in [-0.1, -0.05) is 0 Å². The minimum Gasteiger partial charge on any atom is -0.307 e. The van der Waals surface area contributed by atoms with Crippen molar-refractivity contribution >= 4 is 5.65 Å². The van der Waals surface area contributed by atoms with E-state index in [9.17, 15) is 4.39 Å². The van der Waals surface area contributed by atoms with Crippen molar-refractivity contribution in [2.45, 2.75) is 32.2 Å². The normalized spacial score (nSPS) is 18.5. The molecule has 124 valence electrons. The fourth-order valence-corrected chi connectivity index (χ4v) is 3.46. The second kappa shape index (κ2) is 6.32. The molecule has 0 radical (unpaired) electrons. The van der Waals surface area contributed by atoms with Crippen molar-refractivity contribution in [2.75, 3.05) is 13.1 Å². The van der Waals surface area contributed by atoms with Crippen molar-refractivity contribution in [1.29, 1.82) is 0 Å². The predicted octanol–water partition coefficient (Wildman–Crippen LogP) is 3.56. The van der Waals surface area contributed by atoms with Crippen LogP contribution in [0, 0.1) is 5.95 Å². The van der Waals surface area contributed by atoms with Gasteiger partial charge in [0.05, 0.1) is 5.69 Å². The Labute approximate surface area is 141 Å². The Morgan fingerprint density at radius 3 is 2.92 bits per heavy atom. The Bertz CT molecular complexity index is 840. The van der Waals surface area contributed by atoms with E-state index in [0.717, 1.165) is 35.4 Å². The molecule has 0 aliphatic carbocycles. The van der Waals surface area contributed by atoms with Crippen LogP contribution in [-0.4, -0.2) is 38.4 Å². The van der Waals surface area contributed by atoms with Crippen molar-refractivity contribution < 1.29 is 4.39 Å². The predicted molar refractivity (Wildman–Crippen MR) is 92.4 cm³/mol. The van der Waals surface area contributed by atoms with Crippen LogP contribution in [0.25, 0.3) is 16.8 Å². The summed E-state index contributed by atoms with van der Waals surface area (Å²) in [6.07, 6.45) is 9.24. The average molecular weight is 324 g/mol. The average Bonchev–Trinajstić information content (AvgIpc) is 3.18. The number of pyridine rings is 2. The smallest absolute Gasteiger partial charge is 0.212 e. The molecule has 3 aromatic heterocycles. The number of rotatable bonds is 4. The molecule has 1 saturated heterocycles. The lowest BCUT2D eigenvalue weighted by Gasteiger charge is -2.19. The van der Waals surface area contributed by atoms with Gasteiger partial charge in [0.1, 0.15) is 5.65 Å². The molecule has 1 atom stereocenters. The highest BCUT2D eigenvalue weighted by Crippen LogP contribution is 2.21. The number of halogens is 1. The van der Waals surface area contributed by atoms with Crippen LogP contribution >= 0.6 is 0 Å². The summed E-state index contributed by atoms with van der Waals surface area (Å²) in [7, 11) is 0. The Kier molecular flexibility index (Phi) is 4.02. The minimum absolute atomic E-state index is 0.459. The first kappa shape index (κ1) is 15.3. The number of imidazole rings is 1. The molecule has 4 heterocycles. The highest BCUT2D eigenvalue weighted by atomic mass is 19.1. The first-order valence-electron chi connectivity index (χ1n) is 8.53. The minimum atomic E-state index is -0.459. The molecule has 4 nitrogen and oxygen atoms in total. The Morgan fingerprint density at radius 1 is 1.25 bits per heavy atom. The summed E-state index contributed by atoms with van der Waals surface area (Å²) in [6.45, 7) is 4.58. The lowest BCUT2D eigenvalue weighted by Crippen LogP contribution is -2.29. The standard InChI is InChI=1S/C19H21FN4/c1-14-3-2-8-23(14)10-7-17-13-24-9-6-15(11-19(24)22-17)16-4-5-18(20)21-12-16/h4-6,9,11-14H,2-3,7-8,10H2,1H3/t14-/m1/s1. The lowest BCUT2D eigenvalue weighted by molar-refractivity contribution is 0.271. The second-order valence-electron chi connectivity index (χ2n) is 6.56. The molecule has 3 aromatic rings. The number of hydrogen-bond acceptors (Lipinski definition) is 3. The van der Waals surface area contributed by atoms with Gasteiger partial charge in [-0.25, -0.2) is 9.97 Å². The van der Waals surface area contributed by atoms with E-state index in [1.807, 2.05) is 22.7 Å². The zero-order valence-electron chi connectivity index (χ0n) is 13.8. The molecule has 0 bridgehead atoms. The van der Waals surface area contributed by atoms with Gasteiger partial charge in [-0.3, -0.25) is 0 Å². The van der Waals surface area contributed by atoms with Crippen molar-refractivity contribution in [2.24, 2.45) is 0 Å². The Morgan fingerprint density at radius 2 is 2.17 bits per heavy atom. The van der Waals surface area contributed by atoms with E-state index in [1.54, 1.807) is 12.3 Å². The maximum absolute atomic E-state index is 13.0. The molecule has 24 heavy (non-hydrogen) atoms. The molecule has 1 fully saturated rings. The summed E-state index contributed by atoms with van der Waals surface area (Å²) in [5.74, 6) is -0.459. The second-order valence-corrected chi connectivity index (χ2v) is 6.56. The quantitative estimate of drug-likeness (QED) is 0.688. The van der Waals surface area contributed by atoms with Crippen molar-refractivity contribution in [3.8, 4) is 11.1 Å². The summed E-state index contributed by atoms with van der Waals surface area (Å²) in [5.41, 5.74) is 3.93. The first-order valence-corrected chi connectivity index (χ1v) is 8.53. The molecule has 0 aromatic carbocycles. The molecular formula is C19H21FN4. The Balaban J connectivity index is 1.53. The van der Waals surface area contributed by atoms with Gasteiger partial charge >= 0.3 is 0 Å². The van der Waals surface area contributed by atoms with E-state index in [1.165, 1.54) is 25.5 Å². The molecule has 0 unspecified atom stereocenters. The SMILES string of the molecule is C[C@@H]1CCCN1CCc1cn2ccc(-c3ccc(F)nc3)cc2n1. The fraction of sp³-hybridized carbons (Fsp3) is 0.368. The summed E-state index contributed by atoms with van der Waals surface area (Å²) in [4.78, 5) is 11.0. The zero-order valence-corrected chi connectivity index (χ0v) is 13.8. The van der Waals surface area contributed by atoms with E-state index >= 15 is 0 Å². The molecule has 5 heteroatoms. The molecule has 4 rings (SSSR count). The van der Waals surface area contributed by atoms with Crippen molar-refractivity contribution in [1.82, 2.24) is 19.3 Å². The monoisotopic (exact) mass is 324 g/mol. The lowest BCUT2D eigenvalue weighted by atomic mass is 10.1. The first-order chi connectivity index (χ1) is 11.7. The topological polar surface area (TPSA) is 33.4 Å². The van der Waals surface area contributed by atoms with Crippen LogP contribution < -0.4 is 0 Å². The van der Waals surface area contributed by atoms with Gasteiger partial charge in [0.15, 0.2) is 0 Å². The molecule has 0 N–H and O–H groups in total. The van der Waals surface area contributed by atoms with E-state index in [0.29, 0.717) is 6.04 Å². The van der Waals surface area contributed by atoms with Crippen molar-refractivity contribution in [3.63, 3.8) is 0 Å². The van der Waals surface area contributed by atoms with Gasteiger partial charge in [0.2, 0.25) is 5.95 Å². The van der Waals surface area contributed by atoms with Gasteiger partial charge in [0, 0.05) is 43.2 Å². The maximum Gasteiger partial charge on any atom is 0.212 e. The summed E-state index contributed by atoms with van der Waals surface area (Å²) < 4.78 is 15.0. The van der Waals surface area contributed by atoms with Crippen LogP contribution in [0.4, 0.5) is 4.39 Å². The van der Waals surface area contributed by atoms with Crippen LogP contribution in [-0.2, 0) is 6.42 Å². The molecular weight excluding hydrogens is 303 g/mol. The molecule has 1 aliphatic heterocycles. The third-order valence-corrected chi connectivity index (χ3v) is 4.92. The molecule has 0 spiro atoms. The number of likely N-dealkylation sites (tertiary alicyclic amines) is 1. The van der Waals surface area contributed by atoms with E-state index in [2.05, 4.69) is 23.0 Å². The highest BCUT2D eigenvalue weighted by molar-refractivity contribution is 5.66. The fourth-order valence-electron chi connectivity index (χ4n) is 3.46. The Hall–Kier alpha value is -2.27. The van der Waals surface area contributed by atoms with E-state index in [4.69, 9.17) is 4.98 Å². The van der Waals surface area contributed by atoms with E-state index < -0.39 is 5.95 Å². The van der Waals surface area contributed by atoms with Gasteiger partial charge in [-0.05, 0) is 56.1 Å². The van der Waals surface area contributed by atoms with Crippen LogP contribution in [0.3, 0.4) is 0 Å². The van der Waals surface area contributed by atoms with Crippen LogP contribution in [0.15, 0.2) is 42.9 Å². The zero-order chi connectivity index (χ0) is 16.5. The summed E-state index contributed by atoms with van der Waals surface area (Å²) in [5, 5.41) is 0. The molecule has 0 amide bonds. The van der Waals surface area contributed by atoms with Crippen molar-refractivity contribution in [3.05, 3.63) is 54.5 Å². The molecule has 0 saturated carbocycles. The van der Waals surface area contributed by atoms with Gasteiger partial charge < -0.3 is 9.30 Å². The largest absolute Gasteiger partial charge is 0.307 e. The third kappa shape index (κ3) is 3.04. The number of aromatic nitrogens is 3. The number of hydrogen-bond donors (Lipinski definition) is 0. The number of nitrogens with zero attached hydrogens (tertiary/aromatic N) is 4. The summed E-state index contributed by atoms with van der Waals surface area (Å²) in [6, 6.07) is 7.85. The number of fused-ring (bicyclic) bond motifs is 1. The summed E-state index contributed by atoms with van der Waals surface area (Å²) >= 11 is 0. The van der Waals surface area contributed by atoms with Gasteiger partial charge in [-0.2, -0.15) is 4.39 Å². The van der Waals surface area contributed by atoms with Crippen LogP contribution in [0.2, 0.25) is 0 Å². The molecule has 1 aliphatic rings. The third-order valence-electron chi connectivity index (χ3n) is 4.92. The maximum atomic E-state index is 13.0. The van der Waals surface area contributed by atoms with Crippen LogP contribution in [0.1, 0.15) is 25.5 Å². The van der Waals surface area contributed by atoms with E-state index in [-0.39, 0.29) is 0 Å².